The molecule has 0 spiro atoms. The maximum absolute atomic E-state index is 13.0. The van der Waals surface area contributed by atoms with E-state index < -0.39 is 22.7 Å². The summed E-state index contributed by atoms with van der Waals surface area (Å²) in [6, 6.07) is 11.5. The van der Waals surface area contributed by atoms with Crippen LogP contribution in [-0.2, 0) is 16.1 Å². The molecule has 1 aromatic heterocycles. The van der Waals surface area contributed by atoms with Gasteiger partial charge in [-0.25, -0.2) is 4.98 Å². The Morgan fingerprint density at radius 3 is 2.58 bits per heavy atom. The minimum Gasteiger partial charge on any atom is -0.507 e. The van der Waals surface area contributed by atoms with Crippen LogP contribution < -0.4 is 0 Å². The third kappa shape index (κ3) is 4.56. The van der Waals surface area contributed by atoms with Gasteiger partial charge in [-0.1, -0.05) is 40.2 Å². The van der Waals surface area contributed by atoms with Gasteiger partial charge in [0.15, 0.2) is 0 Å². The zero-order valence-corrected chi connectivity index (χ0v) is 18.9. The lowest BCUT2D eigenvalue weighted by atomic mass is 9.95. The first kappa shape index (κ1) is 22.4. The first-order chi connectivity index (χ1) is 15.9. The number of halogens is 1. The zero-order chi connectivity index (χ0) is 23.5. The van der Waals surface area contributed by atoms with Crippen molar-refractivity contribution in [2.24, 2.45) is 0 Å². The first-order valence-electron chi connectivity index (χ1n) is 10.1. The predicted octanol–water partition coefficient (Wildman–Crippen LogP) is 4.07. The van der Waals surface area contributed by atoms with Crippen molar-refractivity contribution < 1.29 is 19.6 Å². The van der Waals surface area contributed by atoms with Crippen LogP contribution in [-0.4, -0.2) is 42.7 Å². The molecule has 1 aliphatic rings. The molecule has 3 aromatic rings. The number of benzene rings is 2. The number of amides is 1. The number of nitrogens with zero attached hydrogens (tertiary/aromatic N) is 4. The highest BCUT2D eigenvalue weighted by atomic mass is 79.9. The summed E-state index contributed by atoms with van der Waals surface area (Å²) in [6.45, 7) is 0.782. The number of carbonyl (C=O) groups excluding carboxylic acids is 2. The SMILES string of the molecule is O=C1C(=O)N(CCCn2ccnc2)[C@H](c2cccc([N+](=O)[O-])c2)/C1=C(\O)c1ccc(Br)cc1. The molecule has 9 nitrogen and oxygen atoms in total. The van der Waals surface area contributed by atoms with E-state index in [1.165, 1.54) is 23.1 Å². The number of carbonyl (C=O) groups is 2. The Morgan fingerprint density at radius 2 is 1.91 bits per heavy atom. The lowest BCUT2D eigenvalue weighted by Crippen LogP contribution is -2.31. The van der Waals surface area contributed by atoms with Crippen LogP contribution in [0.1, 0.15) is 23.6 Å². The number of aryl methyl sites for hydroxylation is 1. The number of nitro groups is 1. The van der Waals surface area contributed by atoms with Gasteiger partial charge in [0.25, 0.3) is 17.4 Å². The molecule has 0 saturated carbocycles. The fourth-order valence-corrected chi connectivity index (χ4v) is 4.14. The Labute approximate surface area is 197 Å². The zero-order valence-electron chi connectivity index (χ0n) is 17.3. The van der Waals surface area contributed by atoms with Crippen LogP contribution in [0, 0.1) is 10.1 Å². The van der Waals surface area contributed by atoms with Gasteiger partial charge < -0.3 is 14.6 Å². The molecule has 10 heteroatoms. The van der Waals surface area contributed by atoms with Crippen molar-refractivity contribution in [3.63, 3.8) is 0 Å². The van der Waals surface area contributed by atoms with Crippen LogP contribution in [0.2, 0.25) is 0 Å². The molecule has 1 saturated heterocycles. The molecule has 33 heavy (non-hydrogen) atoms. The summed E-state index contributed by atoms with van der Waals surface area (Å²) in [6.07, 6.45) is 5.61. The number of imidazole rings is 1. The fourth-order valence-electron chi connectivity index (χ4n) is 3.87. The lowest BCUT2D eigenvalue weighted by molar-refractivity contribution is -0.384. The molecule has 0 unspecified atom stereocenters. The van der Waals surface area contributed by atoms with E-state index in [4.69, 9.17) is 0 Å². The molecular weight excluding hydrogens is 492 g/mol. The van der Waals surface area contributed by atoms with Gasteiger partial charge >= 0.3 is 0 Å². The topological polar surface area (TPSA) is 119 Å². The molecule has 1 fully saturated rings. The van der Waals surface area contributed by atoms with E-state index in [2.05, 4.69) is 20.9 Å². The van der Waals surface area contributed by atoms with E-state index >= 15 is 0 Å². The Morgan fingerprint density at radius 1 is 1.15 bits per heavy atom. The molecule has 1 atom stereocenters. The van der Waals surface area contributed by atoms with E-state index in [1.807, 2.05) is 4.57 Å². The highest BCUT2D eigenvalue weighted by molar-refractivity contribution is 9.10. The maximum Gasteiger partial charge on any atom is 0.295 e. The molecule has 1 aliphatic heterocycles. The van der Waals surface area contributed by atoms with Crippen molar-refractivity contribution >= 4 is 39.1 Å². The molecule has 4 rings (SSSR count). The molecule has 0 bridgehead atoms. The summed E-state index contributed by atoms with van der Waals surface area (Å²) in [5.74, 6) is -1.90. The maximum atomic E-state index is 13.0. The predicted molar refractivity (Wildman–Crippen MR) is 123 cm³/mol. The second-order valence-electron chi connectivity index (χ2n) is 7.51. The number of hydrogen-bond acceptors (Lipinski definition) is 6. The number of ketones is 1. The van der Waals surface area contributed by atoms with Gasteiger partial charge in [0.2, 0.25) is 0 Å². The largest absolute Gasteiger partial charge is 0.507 e. The van der Waals surface area contributed by atoms with Crippen molar-refractivity contribution in [3.05, 3.63) is 98.5 Å². The van der Waals surface area contributed by atoms with Gasteiger partial charge in [-0.15, -0.1) is 0 Å². The van der Waals surface area contributed by atoms with Crippen LogP contribution >= 0.6 is 15.9 Å². The summed E-state index contributed by atoms with van der Waals surface area (Å²) in [4.78, 5) is 42.1. The molecule has 0 aliphatic carbocycles. The van der Waals surface area contributed by atoms with E-state index in [0.29, 0.717) is 24.1 Å². The van der Waals surface area contributed by atoms with E-state index in [9.17, 15) is 24.8 Å². The van der Waals surface area contributed by atoms with Crippen molar-refractivity contribution in [2.75, 3.05) is 6.54 Å². The lowest BCUT2D eigenvalue weighted by Gasteiger charge is -2.25. The highest BCUT2D eigenvalue weighted by Gasteiger charge is 2.46. The number of nitro benzene ring substituents is 1. The van der Waals surface area contributed by atoms with Crippen molar-refractivity contribution in [2.45, 2.75) is 19.0 Å². The van der Waals surface area contributed by atoms with Crippen molar-refractivity contribution in [3.8, 4) is 0 Å². The summed E-state index contributed by atoms with van der Waals surface area (Å²) in [5.41, 5.74) is 0.486. The number of hydrogen-bond donors (Lipinski definition) is 1. The minimum absolute atomic E-state index is 0.0922. The van der Waals surface area contributed by atoms with Gasteiger partial charge in [-0.2, -0.15) is 0 Å². The standard InChI is InChI=1S/C23H19BrN4O5/c24-17-7-5-15(6-8-17)21(29)19-20(16-3-1-4-18(13-16)28(32)33)27(23(31)22(19)30)11-2-10-26-12-9-25-14-26/h1,3-9,12-14,20,29H,2,10-11H2/b21-19+/t20-/m1/s1. The third-order valence-electron chi connectivity index (χ3n) is 5.43. The van der Waals surface area contributed by atoms with Crippen LogP contribution in [0.3, 0.4) is 0 Å². The Kier molecular flexibility index (Phi) is 6.36. The van der Waals surface area contributed by atoms with Gasteiger partial charge in [0.1, 0.15) is 5.76 Å². The average molecular weight is 511 g/mol. The molecule has 1 N–H and O–H groups in total. The second kappa shape index (κ2) is 9.37. The molecular formula is C23H19BrN4O5. The van der Waals surface area contributed by atoms with Gasteiger partial charge in [0, 0.05) is 47.7 Å². The highest BCUT2D eigenvalue weighted by Crippen LogP contribution is 2.40. The van der Waals surface area contributed by atoms with E-state index in [-0.39, 0.29) is 23.6 Å². The quantitative estimate of drug-likeness (QED) is 0.168. The fraction of sp³-hybridized carbons (Fsp3) is 0.174. The summed E-state index contributed by atoms with van der Waals surface area (Å²) >= 11 is 3.33. The molecule has 2 heterocycles. The molecule has 168 valence electrons. The number of rotatable bonds is 7. The summed E-state index contributed by atoms with van der Waals surface area (Å²) < 4.78 is 2.63. The average Bonchev–Trinajstić information content (AvgIpc) is 3.41. The Balaban J connectivity index is 1.76. The monoisotopic (exact) mass is 510 g/mol. The van der Waals surface area contributed by atoms with Crippen molar-refractivity contribution in [1.82, 2.24) is 14.5 Å². The van der Waals surface area contributed by atoms with Gasteiger partial charge in [-0.05, 0) is 24.1 Å². The number of likely N-dealkylation sites (tertiary alicyclic amines) is 1. The van der Waals surface area contributed by atoms with E-state index in [0.717, 1.165) is 4.47 Å². The second-order valence-corrected chi connectivity index (χ2v) is 8.42. The van der Waals surface area contributed by atoms with Gasteiger partial charge in [0.05, 0.1) is 22.9 Å². The number of non-ortho nitro benzene ring substituents is 1. The van der Waals surface area contributed by atoms with Gasteiger partial charge in [-0.3, -0.25) is 19.7 Å². The Bertz CT molecular complexity index is 1240. The third-order valence-corrected chi connectivity index (χ3v) is 5.96. The number of aliphatic hydroxyl groups is 1. The minimum atomic E-state index is -0.948. The normalized spacial score (nSPS) is 17.5. The smallest absolute Gasteiger partial charge is 0.295 e. The number of Topliss-reactive ketones (excluding diaryl/α,β-unsaturated/α-hetero) is 1. The summed E-state index contributed by atoms with van der Waals surface area (Å²) in [5, 5.41) is 22.4. The van der Waals surface area contributed by atoms with Crippen LogP contribution in [0.25, 0.3) is 5.76 Å². The molecule has 0 radical (unpaired) electrons. The van der Waals surface area contributed by atoms with E-state index in [1.54, 1.807) is 49.1 Å². The first-order valence-corrected chi connectivity index (χ1v) is 10.9. The Hall–Kier alpha value is -3.79. The van der Waals surface area contributed by atoms with Crippen LogP contribution in [0.4, 0.5) is 5.69 Å². The number of aliphatic hydroxyl groups excluding tert-OH is 1. The molecule has 1 amide bonds. The summed E-state index contributed by atoms with van der Waals surface area (Å²) in [7, 11) is 0. The molecule has 2 aromatic carbocycles. The van der Waals surface area contributed by atoms with Crippen molar-refractivity contribution in [1.29, 1.82) is 0 Å². The van der Waals surface area contributed by atoms with Crippen LogP contribution in [0.15, 0.2) is 77.3 Å². The number of aromatic nitrogens is 2. The van der Waals surface area contributed by atoms with Crippen LogP contribution in [0.5, 0.6) is 0 Å².